The van der Waals surface area contributed by atoms with Crippen LogP contribution < -0.4 is 20.1 Å². The van der Waals surface area contributed by atoms with Crippen LogP contribution >= 0.6 is 0 Å². The summed E-state index contributed by atoms with van der Waals surface area (Å²) in [6, 6.07) is 15.3. The van der Waals surface area contributed by atoms with Crippen molar-refractivity contribution in [2.45, 2.75) is 13.3 Å². The van der Waals surface area contributed by atoms with Crippen LogP contribution in [0.4, 0.5) is 11.5 Å². The molecule has 0 aliphatic rings. The molecule has 0 fully saturated rings. The van der Waals surface area contributed by atoms with E-state index in [0.29, 0.717) is 19.0 Å². The highest BCUT2D eigenvalue weighted by Gasteiger charge is 2.08. The molecule has 0 aliphatic carbocycles. The minimum absolute atomic E-state index is 0.251. The smallest absolute Gasteiger partial charge is 0.271 e. The number of methoxy groups -OCH3 is 1. The average Bonchev–Trinajstić information content (AvgIpc) is 2.76. The van der Waals surface area contributed by atoms with Gasteiger partial charge in [-0.3, -0.25) is 4.79 Å². The van der Waals surface area contributed by atoms with Gasteiger partial charge in [0.2, 0.25) is 0 Å². The Balaban J connectivity index is 1.48. The second-order valence-electron chi connectivity index (χ2n) is 6.22. The maximum atomic E-state index is 12.2. The van der Waals surface area contributed by atoms with Gasteiger partial charge in [0.15, 0.2) is 0 Å². The van der Waals surface area contributed by atoms with Crippen molar-refractivity contribution in [1.29, 1.82) is 0 Å². The first-order chi connectivity index (χ1) is 14.2. The van der Waals surface area contributed by atoms with Crippen LogP contribution in [0.3, 0.4) is 0 Å². The van der Waals surface area contributed by atoms with E-state index in [-0.39, 0.29) is 11.6 Å². The highest BCUT2D eigenvalue weighted by Crippen LogP contribution is 2.18. The first kappa shape index (κ1) is 20.1. The maximum absolute atomic E-state index is 12.2. The fourth-order valence-corrected chi connectivity index (χ4v) is 2.66. The van der Waals surface area contributed by atoms with E-state index in [1.165, 1.54) is 12.4 Å². The summed E-state index contributed by atoms with van der Waals surface area (Å²) in [5, 5.41) is 6.00. The lowest BCUT2D eigenvalue weighted by Gasteiger charge is -2.08. The molecule has 2 N–H and O–H groups in total. The van der Waals surface area contributed by atoms with Crippen LogP contribution in [-0.4, -0.2) is 36.1 Å². The largest absolute Gasteiger partial charge is 0.497 e. The molecule has 1 amide bonds. The summed E-state index contributed by atoms with van der Waals surface area (Å²) < 4.78 is 10.6. The molecule has 7 nitrogen and oxygen atoms in total. The molecule has 7 heteroatoms. The number of carbonyl (C=O) groups is 1. The first-order valence-electron chi connectivity index (χ1n) is 9.41. The molecule has 0 atom stereocenters. The number of amides is 1. The molecule has 0 saturated carbocycles. The lowest BCUT2D eigenvalue weighted by atomic mass is 10.1. The Morgan fingerprint density at radius 2 is 1.69 bits per heavy atom. The van der Waals surface area contributed by atoms with Crippen LogP contribution in [0.25, 0.3) is 0 Å². The van der Waals surface area contributed by atoms with Gasteiger partial charge < -0.3 is 20.1 Å². The summed E-state index contributed by atoms with van der Waals surface area (Å²) in [5.41, 5.74) is 2.25. The Bertz CT molecular complexity index is 910. The third kappa shape index (κ3) is 5.93. The average molecular weight is 392 g/mol. The molecule has 0 spiro atoms. The van der Waals surface area contributed by atoms with Gasteiger partial charge in [0.1, 0.15) is 23.0 Å². The van der Waals surface area contributed by atoms with Crippen LogP contribution in [-0.2, 0) is 6.42 Å². The lowest BCUT2D eigenvalue weighted by Crippen LogP contribution is -2.26. The number of hydrogen-bond acceptors (Lipinski definition) is 6. The predicted molar refractivity (Wildman–Crippen MR) is 112 cm³/mol. The summed E-state index contributed by atoms with van der Waals surface area (Å²) in [6.07, 6.45) is 3.72. The number of benzene rings is 2. The molecule has 3 aromatic rings. The van der Waals surface area contributed by atoms with Gasteiger partial charge in [0.25, 0.3) is 5.91 Å². The minimum Gasteiger partial charge on any atom is -0.497 e. The van der Waals surface area contributed by atoms with E-state index in [2.05, 4.69) is 20.6 Å². The quantitative estimate of drug-likeness (QED) is 0.579. The molecule has 29 heavy (non-hydrogen) atoms. The number of ether oxygens (including phenoxy) is 2. The Labute approximate surface area is 170 Å². The Hall–Kier alpha value is -3.61. The molecule has 0 radical (unpaired) electrons. The third-order valence-electron chi connectivity index (χ3n) is 4.18. The Kier molecular flexibility index (Phi) is 7.00. The van der Waals surface area contributed by atoms with E-state index in [0.717, 1.165) is 29.2 Å². The summed E-state index contributed by atoms with van der Waals surface area (Å²) in [7, 11) is 1.63. The number of nitrogens with zero attached hydrogens (tertiary/aromatic N) is 2. The zero-order valence-corrected chi connectivity index (χ0v) is 16.5. The van der Waals surface area contributed by atoms with Crippen LogP contribution in [0.15, 0.2) is 60.9 Å². The zero-order chi connectivity index (χ0) is 20.5. The molecule has 0 unspecified atom stereocenters. The van der Waals surface area contributed by atoms with Crippen LogP contribution in [0.5, 0.6) is 11.5 Å². The molecular formula is C22H24N4O3. The number of rotatable bonds is 9. The predicted octanol–water partition coefficient (Wildman–Crippen LogP) is 3.60. The van der Waals surface area contributed by atoms with Gasteiger partial charge in [-0.05, 0) is 55.3 Å². The maximum Gasteiger partial charge on any atom is 0.271 e. The monoisotopic (exact) mass is 392 g/mol. The SMILES string of the molecule is CCOc1ccc(Nc2cnc(C(=O)NCCc3ccc(OC)cc3)cn2)cc1. The lowest BCUT2D eigenvalue weighted by molar-refractivity contribution is 0.0949. The molecule has 0 bridgehead atoms. The van der Waals surface area contributed by atoms with Gasteiger partial charge in [-0.1, -0.05) is 12.1 Å². The van der Waals surface area contributed by atoms with E-state index in [4.69, 9.17) is 9.47 Å². The molecule has 150 valence electrons. The van der Waals surface area contributed by atoms with Crippen molar-refractivity contribution in [3.05, 3.63) is 72.2 Å². The molecule has 2 aromatic carbocycles. The standard InChI is InChI=1S/C22H24N4O3/c1-3-29-19-10-6-17(7-11-19)26-21-15-24-20(14-25-21)22(27)23-13-12-16-4-8-18(28-2)9-5-16/h4-11,14-15H,3,12-13H2,1-2H3,(H,23,27)(H,25,26). The van der Waals surface area contributed by atoms with Crippen molar-refractivity contribution in [1.82, 2.24) is 15.3 Å². The van der Waals surface area contributed by atoms with Crippen LogP contribution in [0, 0.1) is 0 Å². The Morgan fingerprint density at radius 3 is 2.31 bits per heavy atom. The highest BCUT2D eigenvalue weighted by molar-refractivity contribution is 5.92. The van der Waals surface area contributed by atoms with Gasteiger partial charge in [0, 0.05) is 12.2 Å². The van der Waals surface area contributed by atoms with Crippen molar-refractivity contribution >= 4 is 17.4 Å². The second kappa shape index (κ2) is 10.1. The summed E-state index contributed by atoms with van der Waals surface area (Å²) in [6.45, 7) is 3.08. The highest BCUT2D eigenvalue weighted by atomic mass is 16.5. The van der Waals surface area contributed by atoms with Crippen molar-refractivity contribution in [3.8, 4) is 11.5 Å². The summed E-state index contributed by atoms with van der Waals surface area (Å²) in [5.74, 6) is 1.93. The van der Waals surface area contributed by atoms with E-state index >= 15 is 0 Å². The molecule has 0 saturated heterocycles. The first-order valence-corrected chi connectivity index (χ1v) is 9.41. The van der Waals surface area contributed by atoms with Crippen molar-refractivity contribution in [3.63, 3.8) is 0 Å². The van der Waals surface area contributed by atoms with Crippen molar-refractivity contribution < 1.29 is 14.3 Å². The fourth-order valence-electron chi connectivity index (χ4n) is 2.66. The van der Waals surface area contributed by atoms with Gasteiger partial charge in [-0.25, -0.2) is 9.97 Å². The topological polar surface area (TPSA) is 85.4 Å². The van der Waals surface area contributed by atoms with Crippen molar-refractivity contribution in [2.75, 3.05) is 25.6 Å². The number of anilines is 2. The molecule has 3 rings (SSSR count). The number of carbonyl (C=O) groups excluding carboxylic acids is 1. The fraction of sp³-hybridized carbons (Fsp3) is 0.227. The number of hydrogen-bond donors (Lipinski definition) is 2. The molecule has 1 aromatic heterocycles. The van der Waals surface area contributed by atoms with Gasteiger partial charge in [0.05, 0.1) is 26.1 Å². The van der Waals surface area contributed by atoms with E-state index in [9.17, 15) is 4.79 Å². The summed E-state index contributed by atoms with van der Waals surface area (Å²) >= 11 is 0. The van der Waals surface area contributed by atoms with E-state index in [1.807, 2.05) is 55.5 Å². The number of nitrogens with one attached hydrogen (secondary N) is 2. The normalized spacial score (nSPS) is 10.3. The van der Waals surface area contributed by atoms with Gasteiger partial charge in [-0.2, -0.15) is 0 Å². The molecule has 0 aliphatic heterocycles. The van der Waals surface area contributed by atoms with Gasteiger partial charge >= 0.3 is 0 Å². The van der Waals surface area contributed by atoms with Crippen LogP contribution in [0.2, 0.25) is 0 Å². The minimum atomic E-state index is -0.251. The summed E-state index contributed by atoms with van der Waals surface area (Å²) in [4.78, 5) is 20.7. The van der Waals surface area contributed by atoms with E-state index < -0.39 is 0 Å². The van der Waals surface area contributed by atoms with Gasteiger partial charge in [-0.15, -0.1) is 0 Å². The zero-order valence-electron chi connectivity index (χ0n) is 16.5. The van der Waals surface area contributed by atoms with Crippen LogP contribution in [0.1, 0.15) is 23.0 Å². The molecular weight excluding hydrogens is 368 g/mol. The molecule has 1 heterocycles. The van der Waals surface area contributed by atoms with E-state index in [1.54, 1.807) is 7.11 Å². The second-order valence-corrected chi connectivity index (χ2v) is 6.22. The van der Waals surface area contributed by atoms with Crippen molar-refractivity contribution in [2.24, 2.45) is 0 Å². The third-order valence-corrected chi connectivity index (χ3v) is 4.18. The Morgan fingerprint density at radius 1 is 0.966 bits per heavy atom. The number of aromatic nitrogens is 2.